The average molecular weight is 355 g/mol. The Kier molecular flexibility index (Phi) is 5.47. The maximum atomic E-state index is 13.1. The van der Waals surface area contributed by atoms with Gasteiger partial charge in [-0.3, -0.25) is 4.79 Å². The third-order valence-corrected chi connectivity index (χ3v) is 4.77. The van der Waals surface area contributed by atoms with Crippen LogP contribution in [0.5, 0.6) is 11.5 Å². The number of morpholine rings is 1. The van der Waals surface area contributed by atoms with Crippen molar-refractivity contribution in [3.63, 3.8) is 0 Å². The fraction of sp³-hybridized carbons (Fsp3) is 0.381. The zero-order chi connectivity index (χ0) is 18.7. The topological polar surface area (TPSA) is 48.0 Å². The number of aryl methyl sites for hydroxylation is 1. The molecule has 0 N–H and O–H groups in total. The molecule has 1 aliphatic rings. The van der Waals surface area contributed by atoms with Gasteiger partial charge in [-0.05, 0) is 37.6 Å². The first-order chi connectivity index (χ1) is 12.5. The highest BCUT2D eigenvalue weighted by atomic mass is 16.5. The van der Waals surface area contributed by atoms with Crippen molar-refractivity contribution in [2.45, 2.75) is 26.0 Å². The van der Waals surface area contributed by atoms with E-state index in [9.17, 15) is 4.79 Å². The minimum atomic E-state index is -0.115. The van der Waals surface area contributed by atoms with Crippen molar-refractivity contribution in [2.24, 2.45) is 0 Å². The molecule has 1 saturated heterocycles. The van der Waals surface area contributed by atoms with Crippen LogP contribution in [0.25, 0.3) is 0 Å². The number of ether oxygens (including phenoxy) is 3. The molecule has 0 radical (unpaired) electrons. The van der Waals surface area contributed by atoms with Gasteiger partial charge < -0.3 is 19.1 Å². The SMILES string of the molecule is COc1ccc(C(=O)N2CC(c3ccc(C)cc3)OCC2C)cc1OC. The van der Waals surface area contributed by atoms with Crippen LogP contribution in [0.2, 0.25) is 0 Å². The summed E-state index contributed by atoms with van der Waals surface area (Å²) in [6.07, 6.45) is -0.115. The molecule has 1 amide bonds. The molecule has 1 fully saturated rings. The van der Waals surface area contributed by atoms with Gasteiger partial charge in [-0.15, -0.1) is 0 Å². The van der Waals surface area contributed by atoms with Gasteiger partial charge >= 0.3 is 0 Å². The highest BCUT2D eigenvalue weighted by Gasteiger charge is 2.31. The first kappa shape index (κ1) is 18.3. The minimum Gasteiger partial charge on any atom is -0.493 e. The van der Waals surface area contributed by atoms with E-state index in [-0.39, 0.29) is 18.1 Å². The Morgan fingerprint density at radius 1 is 1.08 bits per heavy atom. The zero-order valence-electron chi connectivity index (χ0n) is 15.7. The molecule has 26 heavy (non-hydrogen) atoms. The molecule has 5 heteroatoms. The summed E-state index contributed by atoms with van der Waals surface area (Å²) >= 11 is 0. The molecule has 2 atom stereocenters. The van der Waals surface area contributed by atoms with Crippen molar-refractivity contribution in [1.29, 1.82) is 0 Å². The van der Waals surface area contributed by atoms with Gasteiger partial charge in [-0.25, -0.2) is 0 Å². The molecule has 138 valence electrons. The van der Waals surface area contributed by atoms with Gasteiger partial charge in [0, 0.05) is 5.56 Å². The van der Waals surface area contributed by atoms with Crippen molar-refractivity contribution in [3.05, 3.63) is 59.2 Å². The normalized spacial score (nSPS) is 19.9. The van der Waals surface area contributed by atoms with Crippen LogP contribution >= 0.6 is 0 Å². The smallest absolute Gasteiger partial charge is 0.254 e. The fourth-order valence-corrected chi connectivity index (χ4v) is 3.16. The molecular weight excluding hydrogens is 330 g/mol. The lowest BCUT2D eigenvalue weighted by molar-refractivity contribution is -0.0486. The standard InChI is InChI=1S/C21H25NO4/c1-14-5-7-16(8-6-14)20-12-22(15(2)13-26-20)21(23)17-9-10-18(24-3)19(11-17)25-4/h5-11,15,20H,12-13H2,1-4H3. The number of carbonyl (C=O) groups is 1. The number of hydrogen-bond acceptors (Lipinski definition) is 4. The van der Waals surface area contributed by atoms with Crippen LogP contribution in [0, 0.1) is 6.92 Å². The van der Waals surface area contributed by atoms with E-state index in [1.165, 1.54) is 5.56 Å². The summed E-state index contributed by atoms with van der Waals surface area (Å²) in [6, 6.07) is 13.5. The van der Waals surface area contributed by atoms with Crippen LogP contribution in [0.4, 0.5) is 0 Å². The summed E-state index contributed by atoms with van der Waals surface area (Å²) in [5.74, 6) is 1.13. The van der Waals surface area contributed by atoms with Gasteiger partial charge in [0.1, 0.15) is 6.10 Å². The van der Waals surface area contributed by atoms with Crippen LogP contribution < -0.4 is 9.47 Å². The average Bonchev–Trinajstić information content (AvgIpc) is 2.68. The summed E-state index contributed by atoms with van der Waals surface area (Å²) in [7, 11) is 3.15. The first-order valence-electron chi connectivity index (χ1n) is 8.74. The van der Waals surface area contributed by atoms with E-state index in [0.717, 1.165) is 5.56 Å². The monoisotopic (exact) mass is 355 g/mol. The summed E-state index contributed by atoms with van der Waals surface area (Å²) in [4.78, 5) is 15.0. The maximum absolute atomic E-state index is 13.1. The highest BCUT2D eigenvalue weighted by Crippen LogP contribution is 2.30. The van der Waals surface area contributed by atoms with Crippen molar-refractivity contribution in [2.75, 3.05) is 27.4 Å². The van der Waals surface area contributed by atoms with Crippen LogP contribution in [0.3, 0.4) is 0 Å². The number of benzene rings is 2. The van der Waals surface area contributed by atoms with Gasteiger partial charge in [-0.1, -0.05) is 29.8 Å². The predicted octanol–water partition coefficient (Wildman–Crippen LogP) is 3.61. The molecule has 2 unspecified atom stereocenters. The van der Waals surface area contributed by atoms with Crippen molar-refractivity contribution in [3.8, 4) is 11.5 Å². The highest BCUT2D eigenvalue weighted by molar-refractivity contribution is 5.95. The Morgan fingerprint density at radius 3 is 2.42 bits per heavy atom. The lowest BCUT2D eigenvalue weighted by Gasteiger charge is -2.38. The number of rotatable bonds is 4. The fourth-order valence-electron chi connectivity index (χ4n) is 3.16. The Labute approximate surface area is 154 Å². The van der Waals surface area contributed by atoms with Gasteiger partial charge in [0.05, 0.1) is 33.4 Å². The lowest BCUT2D eigenvalue weighted by atomic mass is 10.0. The van der Waals surface area contributed by atoms with Gasteiger partial charge in [-0.2, -0.15) is 0 Å². The largest absolute Gasteiger partial charge is 0.493 e. The molecular formula is C21H25NO4. The number of hydrogen-bond donors (Lipinski definition) is 0. The van der Waals surface area contributed by atoms with Gasteiger partial charge in [0.2, 0.25) is 0 Å². The minimum absolute atomic E-state index is 0.0114. The maximum Gasteiger partial charge on any atom is 0.254 e. The molecule has 0 aliphatic carbocycles. The van der Waals surface area contributed by atoms with Crippen LogP contribution in [0.1, 0.15) is 34.5 Å². The third-order valence-electron chi connectivity index (χ3n) is 4.77. The van der Waals surface area contributed by atoms with Crippen LogP contribution in [-0.4, -0.2) is 44.2 Å². The zero-order valence-corrected chi connectivity index (χ0v) is 15.7. The second kappa shape index (κ2) is 7.79. The van der Waals surface area contributed by atoms with E-state index in [1.54, 1.807) is 32.4 Å². The molecule has 2 aromatic carbocycles. The van der Waals surface area contributed by atoms with Gasteiger partial charge in [0.15, 0.2) is 11.5 Å². The Bertz CT molecular complexity index is 772. The van der Waals surface area contributed by atoms with E-state index >= 15 is 0 Å². The summed E-state index contributed by atoms with van der Waals surface area (Å²) < 4.78 is 16.5. The predicted molar refractivity (Wildman–Crippen MR) is 99.9 cm³/mol. The second-order valence-electron chi connectivity index (χ2n) is 6.61. The van der Waals surface area contributed by atoms with E-state index < -0.39 is 0 Å². The number of methoxy groups -OCH3 is 2. The number of amides is 1. The van der Waals surface area contributed by atoms with Crippen molar-refractivity contribution in [1.82, 2.24) is 4.90 Å². The molecule has 1 aliphatic heterocycles. The van der Waals surface area contributed by atoms with E-state index in [4.69, 9.17) is 14.2 Å². The summed E-state index contributed by atoms with van der Waals surface area (Å²) in [5, 5.41) is 0. The molecule has 2 aromatic rings. The Hall–Kier alpha value is -2.53. The molecule has 0 aromatic heterocycles. The lowest BCUT2D eigenvalue weighted by Crippen LogP contribution is -2.48. The number of nitrogens with zero attached hydrogens (tertiary/aromatic N) is 1. The summed E-state index contributed by atoms with van der Waals surface area (Å²) in [5.41, 5.74) is 2.88. The van der Waals surface area contributed by atoms with Gasteiger partial charge in [0.25, 0.3) is 5.91 Å². The number of carbonyl (C=O) groups excluding carboxylic acids is 1. The van der Waals surface area contributed by atoms with E-state index in [1.807, 2.05) is 11.8 Å². The van der Waals surface area contributed by atoms with Crippen LogP contribution in [0.15, 0.2) is 42.5 Å². The van der Waals surface area contributed by atoms with E-state index in [2.05, 4.69) is 31.2 Å². The molecule has 3 rings (SSSR count). The molecule has 5 nitrogen and oxygen atoms in total. The molecule has 0 spiro atoms. The molecule has 0 bridgehead atoms. The first-order valence-corrected chi connectivity index (χ1v) is 8.74. The van der Waals surface area contributed by atoms with Crippen molar-refractivity contribution < 1.29 is 19.0 Å². The van der Waals surface area contributed by atoms with E-state index in [0.29, 0.717) is 30.2 Å². The Balaban J connectivity index is 1.82. The summed E-state index contributed by atoms with van der Waals surface area (Å²) in [6.45, 7) is 5.10. The van der Waals surface area contributed by atoms with Crippen LogP contribution in [-0.2, 0) is 4.74 Å². The molecule has 0 saturated carbocycles. The molecule has 1 heterocycles. The Morgan fingerprint density at radius 2 is 1.77 bits per heavy atom. The quantitative estimate of drug-likeness (QED) is 0.841. The second-order valence-corrected chi connectivity index (χ2v) is 6.61. The van der Waals surface area contributed by atoms with Crippen molar-refractivity contribution >= 4 is 5.91 Å². The third kappa shape index (κ3) is 3.68.